The fraction of sp³-hybridized carbons (Fsp3) is 0.190. The molecule has 0 spiro atoms. The number of nitrogens with zero attached hydrogens (tertiary/aromatic N) is 2. The molecular formula is C21H22FN3O3S. The molecule has 0 aliphatic rings. The molecule has 1 heterocycles. The molecule has 1 N–H and O–H groups in total. The molecule has 152 valence electrons. The highest BCUT2D eigenvalue weighted by Crippen LogP contribution is 2.22. The number of hydrogen-bond donors (Lipinski definition) is 1. The second kappa shape index (κ2) is 8.18. The molecule has 0 saturated heterocycles. The number of carbonyl (C=O) groups excluding carboxylic acids is 1. The zero-order chi connectivity index (χ0) is 21.2. The lowest BCUT2D eigenvalue weighted by atomic mass is 10.2. The maximum atomic E-state index is 14.2. The first kappa shape index (κ1) is 20.8. The van der Waals surface area contributed by atoms with Crippen molar-refractivity contribution < 1.29 is 17.6 Å². The highest BCUT2D eigenvalue weighted by atomic mass is 32.2. The Morgan fingerprint density at radius 1 is 1.07 bits per heavy atom. The van der Waals surface area contributed by atoms with E-state index >= 15 is 0 Å². The lowest BCUT2D eigenvalue weighted by molar-refractivity contribution is 0.102. The molecule has 1 amide bonds. The van der Waals surface area contributed by atoms with Crippen LogP contribution in [0.4, 0.5) is 10.1 Å². The minimum atomic E-state index is -3.74. The molecule has 0 aliphatic heterocycles. The molecule has 0 fully saturated rings. The topological polar surface area (TPSA) is 71.4 Å². The van der Waals surface area contributed by atoms with Gasteiger partial charge >= 0.3 is 0 Å². The minimum Gasteiger partial charge on any atom is -0.324 e. The predicted molar refractivity (Wildman–Crippen MR) is 110 cm³/mol. The lowest BCUT2D eigenvalue weighted by Crippen LogP contribution is -2.33. The Kier molecular flexibility index (Phi) is 5.86. The normalized spacial score (nSPS) is 11.8. The fourth-order valence-corrected chi connectivity index (χ4v) is 4.13. The molecule has 0 saturated carbocycles. The number of anilines is 1. The van der Waals surface area contributed by atoms with E-state index in [1.165, 1.54) is 47.8 Å². The van der Waals surface area contributed by atoms with Gasteiger partial charge in [0.05, 0.1) is 10.6 Å². The third-order valence-electron chi connectivity index (χ3n) is 4.60. The van der Waals surface area contributed by atoms with E-state index in [1.807, 2.05) is 12.1 Å². The Morgan fingerprint density at radius 2 is 1.76 bits per heavy atom. The van der Waals surface area contributed by atoms with Crippen LogP contribution in [0.3, 0.4) is 0 Å². The molecule has 0 radical (unpaired) electrons. The zero-order valence-corrected chi connectivity index (χ0v) is 17.2. The van der Waals surface area contributed by atoms with Gasteiger partial charge in [-0.1, -0.05) is 6.07 Å². The predicted octanol–water partition coefficient (Wildman–Crippen LogP) is 3.90. The molecular weight excluding hydrogens is 393 g/mol. The summed E-state index contributed by atoms with van der Waals surface area (Å²) in [5.74, 6) is -1.18. The van der Waals surface area contributed by atoms with Crippen molar-refractivity contribution in [2.45, 2.75) is 24.8 Å². The quantitative estimate of drug-likeness (QED) is 0.664. The van der Waals surface area contributed by atoms with E-state index in [1.54, 1.807) is 36.9 Å². The van der Waals surface area contributed by atoms with Crippen molar-refractivity contribution in [2.75, 3.05) is 12.4 Å². The second-order valence-electron chi connectivity index (χ2n) is 6.85. The van der Waals surface area contributed by atoms with E-state index in [4.69, 9.17) is 0 Å². The Balaban J connectivity index is 1.88. The van der Waals surface area contributed by atoms with Crippen molar-refractivity contribution in [1.29, 1.82) is 0 Å². The molecule has 3 rings (SSSR count). The van der Waals surface area contributed by atoms with E-state index in [-0.39, 0.29) is 22.2 Å². The van der Waals surface area contributed by atoms with Crippen LogP contribution in [0.5, 0.6) is 0 Å². The van der Waals surface area contributed by atoms with Gasteiger partial charge in [-0.25, -0.2) is 12.8 Å². The van der Waals surface area contributed by atoms with Gasteiger partial charge in [0.2, 0.25) is 10.0 Å². The van der Waals surface area contributed by atoms with Crippen LogP contribution >= 0.6 is 0 Å². The summed E-state index contributed by atoms with van der Waals surface area (Å²) < 4.78 is 42.6. The van der Waals surface area contributed by atoms with Crippen LogP contribution in [0.1, 0.15) is 24.2 Å². The molecule has 0 atom stereocenters. The number of aromatic nitrogens is 1. The number of sulfonamides is 1. The van der Waals surface area contributed by atoms with Crippen LogP contribution in [-0.2, 0) is 10.0 Å². The van der Waals surface area contributed by atoms with Crippen molar-refractivity contribution in [2.24, 2.45) is 0 Å². The highest BCUT2D eigenvalue weighted by molar-refractivity contribution is 7.89. The van der Waals surface area contributed by atoms with Crippen LogP contribution in [0.25, 0.3) is 5.69 Å². The van der Waals surface area contributed by atoms with Gasteiger partial charge in [-0.05, 0) is 62.4 Å². The maximum Gasteiger partial charge on any atom is 0.255 e. The van der Waals surface area contributed by atoms with Crippen LogP contribution in [0.2, 0.25) is 0 Å². The standard InChI is InChI=1S/C21H22FN3O3S/c1-15(2)24(3)29(27,28)18-8-6-7-16(13-18)21(26)23-20-14-17(9-10-19(20)22)25-11-4-5-12-25/h4-15H,1-3H3,(H,23,26). The zero-order valence-electron chi connectivity index (χ0n) is 16.3. The van der Waals surface area contributed by atoms with Crippen molar-refractivity contribution >= 4 is 21.6 Å². The minimum absolute atomic E-state index is 0.00270. The molecule has 0 bridgehead atoms. The van der Waals surface area contributed by atoms with Gasteiger partial charge in [-0.2, -0.15) is 4.31 Å². The number of rotatable bonds is 6. The molecule has 2 aromatic carbocycles. The van der Waals surface area contributed by atoms with Gasteiger partial charge in [0.25, 0.3) is 5.91 Å². The SMILES string of the molecule is CC(C)N(C)S(=O)(=O)c1cccc(C(=O)Nc2cc(-n3cccc3)ccc2F)c1. The molecule has 6 nitrogen and oxygen atoms in total. The maximum absolute atomic E-state index is 14.2. The molecule has 0 unspecified atom stereocenters. The van der Waals surface area contributed by atoms with E-state index in [0.29, 0.717) is 5.69 Å². The van der Waals surface area contributed by atoms with Crippen molar-refractivity contribution in [3.63, 3.8) is 0 Å². The van der Waals surface area contributed by atoms with Crippen LogP contribution in [0.15, 0.2) is 71.9 Å². The summed E-state index contributed by atoms with van der Waals surface area (Å²) in [5.41, 5.74) is 0.810. The summed E-state index contributed by atoms with van der Waals surface area (Å²) >= 11 is 0. The summed E-state index contributed by atoms with van der Waals surface area (Å²) in [6.45, 7) is 3.52. The first-order chi connectivity index (χ1) is 13.7. The molecule has 8 heteroatoms. The van der Waals surface area contributed by atoms with Crippen molar-refractivity contribution in [3.05, 3.63) is 78.4 Å². The molecule has 1 aromatic heterocycles. The highest BCUT2D eigenvalue weighted by Gasteiger charge is 2.24. The average Bonchev–Trinajstić information content (AvgIpc) is 3.23. The lowest BCUT2D eigenvalue weighted by Gasteiger charge is -2.21. The van der Waals surface area contributed by atoms with Gasteiger partial charge in [-0.15, -0.1) is 0 Å². The number of carbonyl (C=O) groups is 1. The Morgan fingerprint density at radius 3 is 2.41 bits per heavy atom. The third kappa shape index (κ3) is 4.38. The average molecular weight is 415 g/mol. The number of benzene rings is 2. The number of hydrogen-bond acceptors (Lipinski definition) is 3. The molecule has 29 heavy (non-hydrogen) atoms. The van der Waals surface area contributed by atoms with Gasteiger partial charge in [-0.3, -0.25) is 4.79 Å². The van der Waals surface area contributed by atoms with E-state index in [0.717, 1.165) is 0 Å². The molecule has 0 aliphatic carbocycles. The third-order valence-corrected chi connectivity index (χ3v) is 6.63. The van der Waals surface area contributed by atoms with Gasteiger partial charge in [0, 0.05) is 36.7 Å². The Bertz CT molecular complexity index is 1130. The largest absolute Gasteiger partial charge is 0.324 e. The number of nitrogens with one attached hydrogen (secondary N) is 1. The first-order valence-electron chi connectivity index (χ1n) is 9.02. The van der Waals surface area contributed by atoms with Crippen LogP contribution < -0.4 is 5.32 Å². The molecule has 3 aromatic rings. The Hall–Kier alpha value is -2.97. The van der Waals surface area contributed by atoms with E-state index in [2.05, 4.69) is 5.32 Å². The summed E-state index contributed by atoms with van der Waals surface area (Å²) in [4.78, 5) is 12.7. The summed E-state index contributed by atoms with van der Waals surface area (Å²) in [7, 11) is -2.25. The van der Waals surface area contributed by atoms with Crippen LogP contribution in [-0.4, -0.2) is 36.3 Å². The fourth-order valence-electron chi connectivity index (χ4n) is 2.71. The first-order valence-corrected chi connectivity index (χ1v) is 10.5. The Labute approximate surface area is 169 Å². The van der Waals surface area contributed by atoms with Gasteiger partial charge in [0.1, 0.15) is 5.82 Å². The van der Waals surface area contributed by atoms with Gasteiger partial charge in [0.15, 0.2) is 0 Å². The van der Waals surface area contributed by atoms with Crippen molar-refractivity contribution in [3.8, 4) is 5.69 Å². The summed E-state index contributed by atoms with van der Waals surface area (Å²) in [6, 6.07) is 13.5. The second-order valence-corrected chi connectivity index (χ2v) is 8.85. The summed E-state index contributed by atoms with van der Waals surface area (Å²) in [5, 5.41) is 2.52. The van der Waals surface area contributed by atoms with Crippen molar-refractivity contribution in [1.82, 2.24) is 8.87 Å². The number of amides is 1. The van der Waals surface area contributed by atoms with E-state index in [9.17, 15) is 17.6 Å². The monoisotopic (exact) mass is 415 g/mol. The van der Waals surface area contributed by atoms with E-state index < -0.39 is 21.7 Å². The smallest absolute Gasteiger partial charge is 0.255 e. The summed E-state index contributed by atoms with van der Waals surface area (Å²) in [6.07, 6.45) is 3.61. The van der Waals surface area contributed by atoms with Gasteiger partial charge < -0.3 is 9.88 Å². The van der Waals surface area contributed by atoms with Crippen LogP contribution in [0, 0.1) is 5.82 Å². The number of halogens is 1.